The van der Waals surface area contributed by atoms with E-state index >= 15 is 0 Å². The predicted octanol–water partition coefficient (Wildman–Crippen LogP) is 2.07. The van der Waals surface area contributed by atoms with Crippen LogP contribution >= 0.6 is 0 Å². The second-order valence-electron chi connectivity index (χ2n) is 5.14. The van der Waals surface area contributed by atoms with E-state index in [2.05, 4.69) is 32.7 Å². The third kappa shape index (κ3) is 2.06. The molecule has 3 aromatic rings. The minimum Gasteiger partial charge on any atom is -0.308 e. The molecule has 4 rings (SSSR count). The smallest absolute Gasteiger partial charge is 0.0784 e. The van der Waals surface area contributed by atoms with Gasteiger partial charge in [0.25, 0.3) is 0 Å². The van der Waals surface area contributed by atoms with Crippen molar-refractivity contribution < 1.29 is 0 Å². The fourth-order valence-corrected chi connectivity index (χ4v) is 2.39. The van der Waals surface area contributed by atoms with Crippen LogP contribution in [0.5, 0.6) is 0 Å². The Labute approximate surface area is 116 Å². The van der Waals surface area contributed by atoms with Crippen molar-refractivity contribution in [2.75, 3.05) is 0 Å². The highest BCUT2D eigenvalue weighted by molar-refractivity contribution is 5.86. The Hall–Kier alpha value is -2.27. The molecule has 0 atom stereocenters. The van der Waals surface area contributed by atoms with E-state index in [0.717, 1.165) is 28.8 Å². The van der Waals surface area contributed by atoms with Gasteiger partial charge in [0.1, 0.15) is 0 Å². The number of hydrogen-bond donors (Lipinski definition) is 1. The first-order valence-electron chi connectivity index (χ1n) is 6.89. The fourth-order valence-electron chi connectivity index (χ4n) is 2.39. The van der Waals surface area contributed by atoms with E-state index in [9.17, 15) is 0 Å². The Balaban J connectivity index is 1.76. The van der Waals surface area contributed by atoms with Gasteiger partial charge >= 0.3 is 0 Å². The monoisotopic (exact) mass is 265 g/mol. The van der Waals surface area contributed by atoms with Crippen LogP contribution in [0.3, 0.4) is 0 Å². The summed E-state index contributed by atoms with van der Waals surface area (Å²) in [4.78, 5) is 4.39. The molecule has 0 spiro atoms. The summed E-state index contributed by atoms with van der Waals surface area (Å²) < 4.78 is 1.90. The van der Waals surface area contributed by atoms with Crippen LogP contribution in [0.4, 0.5) is 0 Å². The highest BCUT2D eigenvalue weighted by atomic mass is 15.4. The first-order chi connectivity index (χ1) is 9.92. The van der Waals surface area contributed by atoms with Crippen LogP contribution in [0.15, 0.2) is 42.7 Å². The van der Waals surface area contributed by atoms with Crippen molar-refractivity contribution in [1.82, 2.24) is 25.3 Å². The zero-order chi connectivity index (χ0) is 13.4. The van der Waals surface area contributed by atoms with Crippen molar-refractivity contribution in [3.63, 3.8) is 0 Å². The first-order valence-corrected chi connectivity index (χ1v) is 6.89. The molecule has 1 aliphatic carbocycles. The quantitative estimate of drug-likeness (QED) is 0.784. The second kappa shape index (κ2) is 4.68. The van der Waals surface area contributed by atoms with Gasteiger partial charge in [-0.05, 0) is 37.1 Å². The molecule has 100 valence electrons. The summed E-state index contributed by atoms with van der Waals surface area (Å²) in [6.07, 6.45) is 6.19. The Morgan fingerprint density at radius 2 is 2.15 bits per heavy atom. The topological polar surface area (TPSA) is 55.6 Å². The number of hydrogen-bond acceptors (Lipinski definition) is 4. The molecule has 1 saturated carbocycles. The Kier molecular flexibility index (Phi) is 2.70. The molecule has 1 aliphatic rings. The van der Waals surface area contributed by atoms with Gasteiger partial charge in [-0.25, -0.2) is 4.68 Å². The number of fused-ring (bicyclic) bond motifs is 1. The molecule has 0 amide bonds. The summed E-state index contributed by atoms with van der Waals surface area (Å²) in [6, 6.07) is 10.8. The lowest BCUT2D eigenvalue weighted by Crippen LogP contribution is -2.18. The molecule has 1 fully saturated rings. The molecular formula is C15H15N5. The number of benzene rings is 1. The Morgan fingerprint density at radius 3 is 3.05 bits per heavy atom. The van der Waals surface area contributed by atoms with Crippen LogP contribution in [0.1, 0.15) is 18.5 Å². The van der Waals surface area contributed by atoms with Crippen molar-refractivity contribution in [2.24, 2.45) is 0 Å². The Morgan fingerprint density at radius 1 is 1.20 bits per heavy atom. The largest absolute Gasteiger partial charge is 0.308 e. The van der Waals surface area contributed by atoms with Gasteiger partial charge in [0.15, 0.2) is 0 Å². The van der Waals surface area contributed by atoms with Crippen molar-refractivity contribution in [3.8, 4) is 5.69 Å². The zero-order valence-electron chi connectivity index (χ0n) is 11.0. The van der Waals surface area contributed by atoms with Gasteiger partial charge in [-0.15, -0.1) is 5.10 Å². The lowest BCUT2D eigenvalue weighted by Gasteiger charge is -2.09. The van der Waals surface area contributed by atoms with E-state index in [0.29, 0.717) is 6.04 Å². The van der Waals surface area contributed by atoms with E-state index in [1.165, 1.54) is 12.8 Å². The SMILES string of the molecule is c1cc(-n2nncc2CNC2CC2)c2cccnc2c1. The molecule has 2 aromatic heterocycles. The fraction of sp³-hybridized carbons (Fsp3) is 0.267. The summed E-state index contributed by atoms with van der Waals surface area (Å²) in [5, 5.41) is 12.9. The summed E-state index contributed by atoms with van der Waals surface area (Å²) in [5.41, 5.74) is 3.08. The maximum atomic E-state index is 4.39. The van der Waals surface area contributed by atoms with Crippen molar-refractivity contribution >= 4 is 10.9 Å². The van der Waals surface area contributed by atoms with Crippen LogP contribution in [0, 0.1) is 0 Å². The van der Waals surface area contributed by atoms with Crippen LogP contribution in [0.25, 0.3) is 16.6 Å². The number of nitrogens with one attached hydrogen (secondary N) is 1. The average molecular weight is 265 g/mol. The van der Waals surface area contributed by atoms with Crippen LogP contribution in [-0.2, 0) is 6.54 Å². The highest BCUT2D eigenvalue weighted by Gasteiger charge is 2.21. The molecule has 0 aliphatic heterocycles. The maximum absolute atomic E-state index is 4.39. The lowest BCUT2D eigenvalue weighted by atomic mass is 10.2. The summed E-state index contributed by atoms with van der Waals surface area (Å²) >= 11 is 0. The van der Waals surface area contributed by atoms with Gasteiger partial charge in [-0.3, -0.25) is 4.98 Å². The highest BCUT2D eigenvalue weighted by Crippen LogP contribution is 2.22. The van der Waals surface area contributed by atoms with Crippen LogP contribution in [0.2, 0.25) is 0 Å². The molecule has 20 heavy (non-hydrogen) atoms. The molecule has 1 aromatic carbocycles. The van der Waals surface area contributed by atoms with E-state index < -0.39 is 0 Å². The van der Waals surface area contributed by atoms with Crippen molar-refractivity contribution in [2.45, 2.75) is 25.4 Å². The van der Waals surface area contributed by atoms with Crippen molar-refractivity contribution in [1.29, 1.82) is 0 Å². The predicted molar refractivity (Wildman–Crippen MR) is 76.5 cm³/mol. The summed E-state index contributed by atoms with van der Waals surface area (Å²) in [5.74, 6) is 0. The standard InChI is InChI=1S/C15H15N5/c1-4-14-13(3-2-8-16-14)15(5-1)20-12(10-18-19-20)9-17-11-6-7-11/h1-5,8,10-11,17H,6-7,9H2. The molecule has 0 bridgehead atoms. The normalized spacial score (nSPS) is 14.8. The lowest BCUT2D eigenvalue weighted by molar-refractivity contribution is 0.648. The Bertz CT molecular complexity index is 739. The molecular weight excluding hydrogens is 250 g/mol. The van der Waals surface area contributed by atoms with Crippen LogP contribution < -0.4 is 5.32 Å². The van der Waals surface area contributed by atoms with Gasteiger partial charge < -0.3 is 5.32 Å². The minimum atomic E-state index is 0.674. The van der Waals surface area contributed by atoms with Gasteiger partial charge in [-0.1, -0.05) is 11.3 Å². The van der Waals surface area contributed by atoms with E-state index in [-0.39, 0.29) is 0 Å². The molecule has 0 saturated heterocycles. The van der Waals surface area contributed by atoms with Gasteiger partial charge in [0.2, 0.25) is 0 Å². The number of nitrogens with zero attached hydrogens (tertiary/aromatic N) is 4. The molecule has 2 heterocycles. The van der Waals surface area contributed by atoms with Gasteiger partial charge in [-0.2, -0.15) is 0 Å². The summed E-state index contributed by atoms with van der Waals surface area (Å²) in [7, 11) is 0. The maximum Gasteiger partial charge on any atom is 0.0784 e. The zero-order valence-corrected chi connectivity index (χ0v) is 11.0. The van der Waals surface area contributed by atoms with Gasteiger partial charge in [0, 0.05) is 24.2 Å². The number of pyridine rings is 1. The van der Waals surface area contributed by atoms with E-state index in [1.54, 1.807) is 0 Å². The third-order valence-corrected chi connectivity index (χ3v) is 3.62. The molecule has 1 N–H and O–H groups in total. The number of aromatic nitrogens is 4. The average Bonchev–Trinajstić information content (AvgIpc) is 3.21. The summed E-state index contributed by atoms with van der Waals surface area (Å²) in [6.45, 7) is 0.800. The molecule has 5 heteroatoms. The van der Waals surface area contributed by atoms with Gasteiger partial charge in [0.05, 0.1) is 23.1 Å². The molecule has 5 nitrogen and oxygen atoms in total. The van der Waals surface area contributed by atoms with E-state index in [4.69, 9.17) is 0 Å². The van der Waals surface area contributed by atoms with Crippen molar-refractivity contribution in [3.05, 3.63) is 48.4 Å². The molecule has 0 unspecified atom stereocenters. The van der Waals surface area contributed by atoms with E-state index in [1.807, 2.05) is 35.3 Å². The van der Waals surface area contributed by atoms with Crippen LogP contribution in [-0.4, -0.2) is 26.0 Å². The molecule has 0 radical (unpaired) electrons. The minimum absolute atomic E-state index is 0.674. The third-order valence-electron chi connectivity index (χ3n) is 3.62. The number of rotatable bonds is 4. The first kappa shape index (κ1) is 11.5. The second-order valence-corrected chi connectivity index (χ2v) is 5.14.